The third-order valence-corrected chi connectivity index (χ3v) is 4.20. The summed E-state index contributed by atoms with van der Waals surface area (Å²) >= 11 is 0. The van der Waals surface area contributed by atoms with Crippen molar-refractivity contribution < 1.29 is 0 Å². The Kier molecular flexibility index (Phi) is 2.25. The Morgan fingerprint density at radius 2 is 1.84 bits per heavy atom. The van der Waals surface area contributed by atoms with Crippen molar-refractivity contribution in [2.24, 2.45) is 0 Å². The molecule has 2 aromatic carbocycles. The smallest absolute Gasteiger partial charge is 0.117 e. The highest BCUT2D eigenvalue weighted by Gasteiger charge is 2.22. The first-order valence-electron chi connectivity index (χ1n) is 6.87. The number of aromatic nitrogens is 2. The SMILES string of the molecule is CC1c2ccccc2CCn2c1nc1ccccc12. The minimum Gasteiger partial charge on any atom is -0.327 e. The van der Waals surface area contributed by atoms with Gasteiger partial charge in [0.15, 0.2) is 0 Å². The predicted octanol–water partition coefficient (Wildman–Crippen LogP) is 3.74. The van der Waals surface area contributed by atoms with Gasteiger partial charge in [-0.15, -0.1) is 0 Å². The molecule has 2 heteroatoms. The molecule has 0 N–H and O–H groups in total. The molecule has 0 saturated carbocycles. The summed E-state index contributed by atoms with van der Waals surface area (Å²) in [5, 5.41) is 0. The maximum atomic E-state index is 4.86. The van der Waals surface area contributed by atoms with Crippen molar-refractivity contribution >= 4 is 11.0 Å². The standard InChI is InChI=1S/C17H16N2/c1-12-14-7-3-2-6-13(14)10-11-19-16-9-5-4-8-15(16)18-17(12)19/h2-9,12H,10-11H2,1H3. The first-order valence-corrected chi connectivity index (χ1v) is 6.87. The lowest BCUT2D eigenvalue weighted by molar-refractivity contribution is 0.678. The molecule has 2 heterocycles. The molecular weight excluding hydrogens is 232 g/mol. The van der Waals surface area contributed by atoms with Crippen LogP contribution in [0.25, 0.3) is 11.0 Å². The van der Waals surface area contributed by atoms with E-state index in [1.807, 2.05) is 0 Å². The second kappa shape index (κ2) is 3.95. The normalized spacial score (nSPS) is 17.8. The fourth-order valence-electron chi connectivity index (χ4n) is 3.22. The third kappa shape index (κ3) is 1.53. The van der Waals surface area contributed by atoms with Crippen LogP contribution < -0.4 is 0 Å². The van der Waals surface area contributed by atoms with Gasteiger partial charge in [-0.05, 0) is 29.7 Å². The third-order valence-electron chi connectivity index (χ3n) is 4.20. The zero-order chi connectivity index (χ0) is 12.8. The van der Waals surface area contributed by atoms with Gasteiger partial charge in [-0.25, -0.2) is 4.98 Å². The van der Waals surface area contributed by atoms with Gasteiger partial charge in [-0.3, -0.25) is 0 Å². The molecule has 0 spiro atoms. The molecule has 0 aliphatic carbocycles. The number of aryl methyl sites for hydroxylation is 2. The van der Waals surface area contributed by atoms with Crippen LogP contribution >= 0.6 is 0 Å². The summed E-state index contributed by atoms with van der Waals surface area (Å²) in [5.41, 5.74) is 5.27. The Morgan fingerprint density at radius 3 is 2.79 bits per heavy atom. The summed E-state index contributed by atoms with van der Waals surface area (Å²) in [4.78, 5) is 4.86. The molecule has 1 aromatic heterocycles. The highest BCUT2D eigenvalue weighted by molar-refractivity contribution is 5.76. The number of hydrogen-bond acceptors (Lipinski definition) is 1. The quantitative estimate of drug-likeness (QED) is 0.592. The van der Waals surface area contributed by atoms with Crippen LogP contribution in [0.5, 0.6) is 0 Å². The molecule has 4 rings (SSSR count). The second-order valence-corrected chi connectivity index (χ2v) is 5.28. The minimum atomic E-state index is 0.367. The van der Waals surface area contributed by atoms with E-state index in [0.29, 0.717) is 5.92 Å². The maximum absolute atomic E-state index is 4.86. The molecule has 94 valence electrons. The fourth-order valence-corrected chi connectivity index (χ4v) is 3.22. The second-order valence-electron chi connectivity index (χ2n) is 5.28. The van der Waals surface area contributed by atoms with Gasteiger partial charge < -0.3 is 4.57 Å². The van der Waals surface area contributed by atoms with Crippen molar-refractivity contribution in [1.29, 1.82) is 0 Å². The number of para-hydroxylation sites is 2. The highest BCUT2D eigenvalue weighted by Crippen LogP contribution is 2.32. The van der Waals surface area contributed by atoms with Crippen molar-refractivity contribution in [3.63, 3.8) is 0 Å². The maximum Gasteiger partial charge on any atom is 0.117 e. The van der Waals surface area contributed by atoms with Gasteiger partial charge >= 0.3 is 0 Å². The molecule has 3 aromatic rings. The van der Waals surface area contributed by atoms with Crippen LogP contribution in [0.3, 0.4) is 0 Å². The van der Waals surface area contributed by atoms with Crippen LogP contribution in [-0.2, 0) is 13.0 Å². The predicted molar refractivity (Wildman–Crippen MR) is 77.4 cm³/mol. The first-order chi connectivity index (χ1) is 9.34. The average Bonchev–Trinajstić information content (AvgIpc) is 2.77. The van der Waals surface area contributed by atoms with Gasteiger partial charge in [-0.2, -0.15) is 0 Å². The highest BCUT2D eigenvalue weighted by atomic mass is 15.1. The van der Waals surface area contributed by atoms with E-state index in [1.165, 1.54) is 22.5 Å². The molecule has 1 atom stereocenters. The summed E-state index contributed by atoms with van der Waals surface area (Å²) in [6.07, 6.45) is 1.09. The van der Waals surface area contributed by atoms with Gasteiger partial charge in [0.2, 0.25) is 0 Å². The van der Waals surface area contributed by atoms with Crippen molar-refractivity contribution in [3.8, 4) is 0 Å². The molecule has 0 saturated heterocycles. The lowest BCUT2D eigenvalue weighted by Gasteiger charge is -2.11. The van der Waals surface area contributed by atoms with Crippen molar-refractivity contribution in [1.82, 2.24) is 9.55 Å². The summed E-state index contributed by atoms with van der Waals surface area (Å²) in [6, 6.07) is 17.2. The van der Waals surface area contributed by atoms with Gasteiger partial charge in [0.05, 0.1) is 11.0 Å². The van der Waals surface area contributed by atoms with E-state index < -0.39 is 0 Å². The molecular formula is C17H16N2. The Labute approximate surface area is 112 Å². The molecule has 2 nitrogen and oxygen atoms in total. The summed E-state index contributed by atoms with van der Waals surface area (Å²) < 4.78 is 2.39. The lowest BCUT2D eigenvalue weighted by Crippen LogP contribution is -2.04. The van der Waals surface area contributed by atoms with Gasteiger partial charge in [0.25, 0.3) is 0 Å². The molecule has 1 aliphatic rings. The molecule has 0 bridgehead atoms. The lowest BCUT2D eigenvalue weighted by atomic mass is 9.95. The number of hydrogen-bond donors (Lipinski definition) is 0. The summed E-state index contributed by atoms with van der Waals surface area (Å²) in [5.74, 6) is 1.57. The average molecular weight is 248 g/mol. The van der Waals surface area contributed by atoms with Crippen LogP contribution in [-0.4, -0.2) is 9.55 Å². The van der Waals surface area contributed by atoms with Gasteiger partial charge in [-0.1, -0.05) is 43.3 Å². The largest absolute Gasteiger partial charge is 0.327 e. The Hall–Kier alpha value is -2.09. The molecule has 0 radical (unpaired) electrons. The molecule has 1 aliphatic heterocycles. The summed E-state index contributed by atoms with van der Waals surface area (Å²) in [7, 11) is 0. The van der Waals surface area contributed by atoms with E-state index in [4.69, 9.17) is 4.98 Å². The van der Waals surface area contributed by atoms with Gasteiger partial charge in [0, 0.05) is 12.5 Å². The van der Waals surface area contributed by atoms with Crippen LogP contribution in [0, 0.1) is 0 Å². The monoisotopic (exact) mass is 248 g/mol. The van der Waals surface area contributed by atoms with Crippen LogP contribution in [0.15, 0.2) is 48.5 Å². The Balaban J connectivity index is 1.98. The minimum absolute atomic E-state index is 0.367. The van der Waals surface area contributed by atoms with E-state index in [2.05, 4.69) is 60.0 Å². The molecule has 0 fully saturated rings. The van der Waals surface area contributed by atoms with E-state index in [9.17, 15) is 0 Å². The van der Waals surface area contributed by atoms with Crippen molar-refractivity contribution in [2.45, 2.75) is 25.8 Å². The van der Waals surface area contributed by atoms with Gasteiger partial charge in [0.1, 0.15) is 5.82 Å². The summed E-state index contributed by atoms with van der Waals surface area (Å²) in [6.45, 7) is 3.29. The fraction of sp³-hybridized carbons (Fsp3) is 0.235. The van der Waals surface area contributed by atoms with E-state index in [-0.39, 0.29) is 0 Å². The number of fused-ring (bicyclic) bond motifs is 4. The molecule has 19 heavy (non-hydrogen) atoms. The number of nitrogens with zero attached hydrogens (tertiary/aromatic N) is 2. The molecule has 1 unspecified atom stereocenters. The molecule has 0 amide bonds. The van der Waals surface area contributed by atoms with Crippen LogP contribution in [0.2, 0.25) is 0 Å². The number of benzene rings is 2. The first kappa shape index (κ1) is 10.8. The van der Waals surface area contributed by atoms with Crippen molar-refractivity contribution in [3.05, 3.63) is 65.5 Å². The van der Waals surface area contributed by atoms with Crippen molar-refractivity contribution in [2.75, 3.05) is 0 Å². The van der Waals surface area contributed by atoms with Crippen LogP contribution in [0.1, 0.15) is 29.8 Å². The topological polar surface area (TPSA) is 17.8 Å². The Bertz CT molecular complexity index is 755. The number of rotatable bonds is 0. The van der Waals surface area contributed by atoms with Crippen LogP contribution in [0.4, 0.5) is 0 Å². The van der Waals surface area contributed by atoms with E-state index >= 15 is 0 Å². The zero-order valence-electron chi connectivity index (χ0n) is 11.0. The van der Waals surface area contributed by atoms with E-state index in [1.54, 1.807) is 0 Å². The number of imidazole rings is 1. The van der Waals surface area contributed by atoms with E-state index in [0.717, 1.165) is 18.5 Å². The Morgan fingerprint density at radius 1 is 1.05 bits per heavy atom. The zero-order valence-corrected chi connectivity index (χ0v) is 11.0.